The summed E-state index contributed by atoms with van der Waals surface area (Å²) in [6.45, 7) is 3.96. The lowest BCUT2D eigenvalue weighted by Gasteiger charge is -2.22. The number of ether oxygens (including phenoxy) is 2. The molecule has 1 heterocycles. The largest absolute Gasteiger partial charge is 0.353 e. The lowest BCUT2D eigenvalue weighted by atomic mass is 10.1. The van der Waals surface area contributed by atoms with Gasteiger partial charge in [-0.25, -0.2) is 0 Å². The van der Waals surface area contributed by atoms with Crippen LogP contribution in [0.2, 0.25) is 0 Å². The second kappa shape index (κ2) is 12.7. The number of unbranched alkanes of at least 4 members (excludes halogenated alkanes) is 6. The second-order valence-corrected chi connectivity index (χ2v) is 5.46. The van der Waals surface area contributed by atoms with Crippen LogP contribution in [0, 0.1) is 0 Å². The molecule has 0 aromatic carbocycles. The molecular formula is C17H32O2. The topological polar surface area (TPSA) is 18.5 Å². The van der Waals surface area contributed by atoms with Gasteiger partial charge in [-0.2, -0.15) is 0 Å². The van der Waals surface area contributed by atoms with Crippen molar-refractivity contribution in [1.82, 2.24) is 0 Å². The van der Waals surface area contributed by atoms with Gasteiger partial charge in [0, 0.05) is 13.2 Å². The Labute approximate surface area is 119 Å². The molecule has 0 spiro atoms. The van der Waals surface area contributed by atoms with Crippen LogP contribution in [0.3, 0.4) is 0 Å². The molecule has 2 nitrogen and oxygen atoms in total. The smallest absolute Gasteiger partial charge is 0.157 e. The lowest BCUT2D eigenvalue weighted by Crippen LogP contribution is -2.22. The van der Waals surface area contributed by atoms with Crippen molar-refractivity contribution < 1.29 is 9.47 Å². The fraction of sp³-hybridized carbons (Fsp3) is 0.882. The Morgan fingerprint density at radius 1 is 1.00 bits per heavy atom. The van der Waals surface area contributed by atoms with E-state index in [1.807, 2.05) is 0 Å². The zero-order chi connectivity index (χ0) is 13.6. The number of hydrogen-bond acceptors (Lipinski definition) is 2. The molecule has 1 atom stereocenters. The quantitative estimate of drug-likeness (QED) is 0.377. The molecule has 0 radical (unpaired) electrons. The van der Waals surface area contributed by atoms with Gasteiger partial charge in [0.15, 0.2) is 6.29 Å². The molecule has 2 heteroatoms. The minimum absolute atomic E-state index is 0.0964. The van der Waals surface area contributed by atoms with Gasteiger partial charge in [-0.15, -0.1) is 0 Å². The molecule has 1 aliphatic rings. The third-order valence-corrected chi connectivity index (χ3v) is 3.61. The van der Waals surface area contributed by atoms with Crippen molar-refractivity contribution in [3.8, 4) is 0 Å². The van der Waals surface area contributed by atoms with Crippen molar-refractivity contribution in [3.05, 3.63) is 12.2 Å². The van der Waals surface area contributed by atoms with Crippen LogP contribution >= 0.6 is 0 Å². The first-order chi connectivity index (χ1) is 9.43. The summed E-state index contributed by atoms with van der Waals surface area (Å²) in [4.78, 5) is 0. The molecule has 0 aromatic rings. The fourth-order valence-corrected chi connectivity index (χ4v) is 2.41. The van der Waals surface area contributed by atoms with Crippen LogP contribution in [0.1, 0.15) is 77.6 Å². The maximum Gasteiger partial charge on any atom is 0.157 e. The molecule has 0 saturated carbocycles. The highest BCUT2D eigenvalue weighted by atomic mass is 16.7. The molecule has 1 fully saturated rings. The summed E-state index contributed by atoms with van der Waals surface area (Å²) in [5.41, 5.74) is 0. The Morgan fingerprint density at radius 2 is 1.79 bits per heavy atom. The Morgan fingerprint density at radius 3 is 2.53 bits per heavy atom. The molecule has 112 valence electrons. The molecule has 1 aliphatic heterocycles. The van der Waals surface area contributed by atoms with Crippen LogP contribution in [0.5, 0.6) is 0 Å². The summed E-state index contributed by atoms with van der Waals surface area (Å²) in [6.07, 6.45) is 18.6. The Kier molecular flexibility index (Phi) is 11.2. The normalized spacial score (nSPS) is 20.2. The first-order valence-corrected chi connectivity index (χ1v) is 8.31. The zero-order valence-corrected chi connectivity index (χ0v) is 12.7. The van der Waals surface area contributed by atoms with Gasteiger partial charge < -0.3 is 9.47 Å². The van der Waals surface area contributed by atoms with Crippen molar-refractivity contribution in [2.45, 2.75) is 83.8 Å². The van der Waals surface area contributed by atoms with Gasteiger partial charge in [-0.1, -0.05) is 44.8 Å². The van der Waals surface area contributed by atoms with Gasteiger partial charge >= 0.3 is 0 Å². The molecule has 0 unspecified atom stereocenters. The summed E-state index contributed by atoms with van der Waals surface area (Å²) >= 11 is 0. The highest BCUT2D eigenvalue weighted by Crippen LogP contribution is 2.14. The minimum Gasteiger partial charge on any atom is -0.353 e. The maximum atomic E-state index is 5.72. The highest BCUT2D eigenvalue weighted by Gasteiger charge is 2.13. The average Bonchev–Trinajstić information content (AvgIpc) is 2.46. The number of allylic oxidation sites excluding steroid dienone is 2. The van der Waals surface area contributed by atoms with Gasteiger partial charge in [0.2, 0.25) is 0 Å². The van der Waals surface area contributed by atoms with Crippen molar-refractivity contribution in [1.29, 1.82) is 0 Å². The minimum atomic E-state index is 0.0964. The molecule has 0 aliphatic carbocycles. The molecule has 1 saturated heterocycles. The van der Waals surface area contributed by atoms with E-state index >= 15 is 0 Å². The van der Waals surface area contributed by atoms with Crippen LogP contribution in [0.25, 0.3) is 0 Å². The van der Waals surface area contributed by atoms with E-state index in [9.17, 15) is 0 Å². The predicted octanol–water partition coefficient (Wildman–Crippen LogP) is 5.23. The number of hydrogen-bond donors (Lipinski definition) is 0. The average molecular weight is 268 g/mol. The second-order valence-electron chi connectivity index (χ2n) is 5.46. The van der Waals surface area contributed by atoms with Gasteiger partial charge in [0.1, 0.15) is 0 Å². The molecule has 0 aromatic heterocycles. The lowest BCUT2D eigenvalue weighted by molar-refractivity contribution is -0.162. The van der Waals surface area contributed by atoms with Crippen molar-refractivity contribution in [2.24, 2.45) is 0 Å². The monoisotopic (exact) mass is 268 g/mol. The van der Waals surface area contributed by atoms with E-state index in [0.29, 0.717) is 0 Å². The highest BCUT2D eigenvalue weighted by molar-refractivity contribution is 4.79. The van der Waals surface area contributed by atoms with Crippen molar-refractivity contribution in [2.75, 3.05) is 13.2 Å². The molecule has 1 rings (SSSR count). The Balaban J connectivity index is 1.74. The van der Waals surface area contributed by atoms with E-state index < -0.39 is 0 Å². The SMILES string of the molecule is CC/C=C/CCCCCCCCO[C@@H]1CCCCO1. The van der Waals surface area contributed by atoms with Crippen LogP contribution in [0.4, 0.5) is 0 Å². The van der Waals surface area contributed by atoms with Gasteiger partial charge in [0.25, 0.3) is 0 Å². The zero-order valence-electron chi connectivity index (χ0n) is 12.7. The maximum absolute atomic E-state index is 5.72. The summed E-state index contributed by atoms with van der Waals surface area (Å²) in [6, 6.07) is 0. The van der Waals surface area contributed by atoms with E-state index in [1.54, 1.807) is 0 Å². The van der Waals surface area contributed by atoms with E-state index in [2.05, 4.69) is 19.1 Å². The predicted molar refractivity (Wildman–Crippen MR) is 81.3 cm³/mol. The van der Waals surface area contributed by atoms with Crippen LogP contribution < -0.4 is 0 Å². The summed E-state index contributed by atoms with van der Waals surface area (Å²) < 4.78 is 11.3. The van der Waals surface area contributed by atoms with Crippen molar-refractivity contribution >= 4 is 0 Å². The van der Waals surface area contributed by atoms with Crippen LogP contribution in [-0.2, 0) is 9.47 Å². The molecule has 0 bridgehead atoms. The van der Waals surface area contributed by atoms with Crippen LogP contribution in [-0.4, -0.2) is 19.5 Å². The third kappa shape index (κ3) is 10.1. The van der Waals surface area contributed by atoms with Gasteiger partial charge in [0.05, 0.1) is 0 Å². The first kappa shape index (κ1) is 16.7. The summed E-state index contributed by atoms with van der Waals surface area (Å²) in [7, 11) is 0. The van der Waals surface area contributed by atoms with E-state index in [0.717, 1.165) is 19.6 Å². The standard InChI is InChI=1S/C17H32O2/c1-2-3-4-5-6-7-8-9-10-12-15-18-17-14-11-13-16-19-17/h3-4,17H,2,5-16H2,1H3/b4-3+/t17-/m0/s1. The van der Waals surface area contributed by atoms with Crippen molar-refractivity contribution in [3.63, 3.8) is 0 Å². The molecular weight excluding hydrogens is 236 g/mol. The Bertz CT molecular complexity index is 207. The van der Waals surface area contributed by atoms with Crippen LogP contribution in [0.15, 0.2) is 12.2 Å². The van der Waals surface area contributed by atoms with Gasteiger partial charge in [-0.05, 0) is 44.9 Å². The Hall–Kier alpha value is -0.340. The van der Waals surface area contributed by atoms with Gasteiger partial charge in [-0.3, -0.25) is 0 Å². The molecule has 19 heavy (non-hydrogen) atoms. The van der Waals surface area contributed by atoms with E-state index in [1.165, 1.54) is 64.2 Å². The fourth-order valence-electron chi connectivity index (χ4n) is 2.41. The first-order valence-electron chi connectivity index (χ1n) is 8.31. The van der Waals surface area contributed by atoms with E-state index in [-0.39, 0.29) is 6.29 Å². The number of rotatable bonds is 11. The summed E-state index contributed by atoms with van der Waals surface area (Å²) in [5, 5.41) is 0. The van der Waals surface area contributed by atoms with E-state index in [4.69, 9.17) is 9.47 Å². The molecule has 0 N–H and O–H groups in total. The molecule has 0 amide bonds. The summed E-state index contributed by atoms with van der Waals surface area (Å²) in [5.74, 6) is 0. The third-order valence-electron chi connectivity index (χ3n) is 3.61.